The Bertz CT molecular complexity index is 1250. The van der Waals surface area contributed by atoms with E-state index in [9.17, 15) is 0 Å². The maximum Gasteiger partial charge on any atom is 0.227 e. The molecule has 0 bridgehead atoms. The van der Waals surface area contributed by atoms with Crippen molar-refractivity contribution in [1.82, 2.24) is 29.5 Å². The first kappa shape index (κ1) is 28.4. The van der Waals surface area contributed by atoms with Gasteiger partial charge in [-0.25, -0.2) is 14.4 Å². The second-order valence-electron chi connectivity index (χ2n) is 11.1. The zero-order chi connectivity index (χ0) is 28.1. The first-order chi connectivity index (χ1) is 19.4. The molecule has 2 fully saturated rings. The van der Waals surface area contributed by atoms with Gasteiger partial charge in [0, 0.05) is 75.0 Å². The van der Waals surface area contributed by atoms with Gasteiger partial charge in [-0.05, 0) is 63.9 Å². The zero-order valence-corrected chi connectivity index (χ0v) is 24.3. The van der Waals surface area contributed by atoms with Crippen LogP contribution in [0.5, 0.6) is 0 Å². The second kappa shape index (κ2) is 13.1. The van der Waals surface area contributed by atoms with Crippen LogP contribution in [0.4, 0.5) is 21.7 Å². The maximum atomic E-state index is 15.3. The highest BCUT2D eigenvalue weighted by Gasteiger charge is 2.26. The molecule has 1 N–H and O–H groups in total. The van der Waals surface area contributed by atoms with Gasteiger partial charge < -0.3 is 15.0 Å². The molecule has 0 atom stereocenters. The normalized spacial score (nSPS) is 17.2. The molecule has 0 amide bonds. The molecule has 9 nitrogen and oxygen atoms in total. The number of nitrogens with zero attached hydrogens (tertiary/aromatic N) is 7. The summed E-state index contributed by atoms with van der Waals surface area (Å²) >= 11 is 0. The summed E-state index contributed by atoms with van der Waals surface area (Å²) in [7, 11) is 0. The van der Waals surface area contributed by atoms with E-state index >= 15 is 4.39 Å². The summed E-state index contributed by atoms with van der Waals surface area (Å²) in [4.78, 5) is 16.4. The highest BCUT2D eigenvalue weighted by atomic mass is 19.1. The Morgan fingerprint density at radius 2 is 1.90 bits per heavy atom. The molecule has 2 aliphatic rings. The number of morpholine rings is 1. The highest BCUT2D eigenvalue weighted by Crippen LogP contribution is 2.29. The zero-order valence-electron chi connectivity index (χ0n) is 24.3. The summed E-state index contributed by atoms with van der Waals surface area (Å²) in [5.41, 5.74) is 4.00. The van der Waals surface area contributed by atoms with E-state index < -0.39 is 0 Å². The Morgan fingerprint density at radius 3 is 2.58 bits per heavy atom. The molecule has 3 aromatic rings. The minimum atomic E-state index is -0.228. The van der Waals surface area contributed by atoms with Crippen molar-refractivity contribution in [1.29, 1.82) is 0 Å². The molecule has 0 saturated carbocycles. The first-order valence-corrected chi connectivity index (χ1v) is 14.6. The molecule has 0 radical (unpaired) electrons. The van der Waals surface area contributed by atoms with Crippen LogP contribution >= 0.6 is 0 Å². The summed E-state index contributed by atoms with van der Waals surface area (Å²) < 4.78 is 22.7. The predicted molar refractivity (Wildman–Crippen MR) is 158 cm³/mol. The molecule has 5 rings (SSSR count). The number of hydrogen-bond donors (Lipinski definition) is 1. The number of ether oxygens (including phenoxy) is 1. The number of halogens is 1. The monoisotopic (exact) mass is 550 g/mol. The third-order valence-corrected chi connectivity index (χ3v) is 8.11. The number of aryl methyl sites for hydroxylation is 1. The molecular weight excluding hydrogens is 507 g/mol. The summed E-state index contributed by atoms with van der Waals surface area (Å²) in [6.07, 6.45) is 7.69. The fourth-order valence-electron chi connectivity index (χ4n) is 5.67. The molecule has 2 saturated heterocycles. The van der Waals surface area contributed by atoms with E-state index in [0.29, 0.717) is 23.4 Å². The van der Waals surface area contributed by atoms with Crippen molar-refractivity contribution >= 4 is 17.3 Å². The average Bonchev–Trinajstić information content (AvgIpc) is 3.46. The summed E-state index contributed by atoms with van der Waals surface area (Å²) in [5.74, 6) is 0.205. The van der Waals surface area contributed by atoms with Crippen LogP contribution in [0.15, 0.2) is 36.8 Å². The molecule has 0 unspecified atom stereocenters. The van der Waals surface area contributed by atoms with Gasteiger partial charge >= 0.3 is 0 Å². The van der Waals surface area contributed by atoms with Crippen molar-refractivity contribution in [3.63, 3.8) is 0 Å². The minimum Gasteiger partial charge on any atom is -0.379 e. The number of hydrogen-bond acceptors (Lipinski definition) is 8. The number of rotatable bonds is 10. The van der Waals surface area contributed by atoms with Crippen molar-refractivity contribution in [2.24, 2.45) is 0 Å². The number of likely N-dealkylation sites (N-methyl/N-ethyl adjacent to an activating group) is 1. The van der Waals surface area contributed by atoms with Crippen molar-refractivity contribution < 1.29 is 9.13 Å². The van der Waals surface area contributed by atoms with Crippen molar-refractivity contribution in [2.75, 3.05) is 69.2 Å². The Labute approximate surface area is 237 Å². The van der Waals surface area contributed by atoms with Crippen LogP contribution in [-0.4, -0.2) is 94.6 Å². The molecule has 40 heavy (non-hydrogen) atoms. The average molecular weight is 551 g/mol. The van der Waals surface area contributed by atoms with Gasteiger partial charge in [0.25, 0.3) is 0 Å². The second-order valence-corrected chi connectivity index (χ2v) is 11.1. The fraction of sp³-hybridized carbons (Fsp3) is 0.567. The third-order valence-electron chi connectivity index (χ3n) is 8.11. The lowest BCUT2D eigenvalue weighted by Crippen LogP contribution is -2.48. The smallest absolute Gasteiger partial charge is 0.227 e. The molecule has 216 valence electrons. The minimum absolute atomic E-state index is 0.228. The van der Waals surface area contributed by atoms with Crippen LogP contribution in [0.1, 0.15) is 45.2 Å². The van der Waals surface area contributed by atoms with Gasteiger partial charge in [0.1, 0.15) is 5.82 Å². The van der Waals surface area contributed by atoms with Crippen LogP contribution < -0.4 is 10.2 Å². The lowest BCUT2D eigenvalue weighted by molar-refractivity contribution is 0.0303. The Morgan fingerprint density at radius 1 is 1.12 bits per heavy atom. The van der Waals surface area contributed by atoms with Crippen molar-refractivity contribution in [2.45, 2.75) is 52.6 Å². The summed E-state index contributed by atoms with van der Waals surface area (Å²) in [5, 5.41) is 7.62. The number of nitrogens with one attached hydrogen (secondary N) is 1. The molecule has 4 heterocycles. The lowest BCUT2D eigenvalue weighted by Gasteiger charge is -2.40. The molecule has 1 aromatic carbocycles. The van der Waals surface area contributed by atoms with Crippen molar-refractivity contribution in [3.8, 4) is 11.3 Å². The third kappa shape index (κ3) is 6.79. The predicted octanol–water partition coefficient (Wildman–Crippen LogP) is 4.74. The van der Waals surface area contributed by atoms with Gasteiger partial charge in [-0.1, -0.05) is 6.92 Å². The quantitative estimate of drug-likeness (QED) is 0.388. The van der Waals surface area contributed by atoms with E-state index in [1.165, 1.54) is 0 Å². The molecule has 2 aliphatic heterocycles. The number of aromatic nitrogens is 4. The van der Waals surface area contributed by atoms with Gasteiger partial charge in [-0.3, -0.25) is 14.5 Å². The SMILES string of the molecule is CCN(CCN1CCOCC1)C1CCN(c2ccc(Nc3ncc(C)c(-c4cnn(C(C)C)c4)n3)cc2F)CC1. The van der Waals surface area contributed by atoms with Gasteiger partial charge in [-0.15, -0.1) is 0 Å². The maximum absolute atomic E-state index is 15.3. The van der Waals surface area contributed by atoms with Gasteiger partial charge in [0.05, 0.1) is 30.8 Å². The van der Waals surface area contributed by atoms with E-state index in [-0.39, 0.29) is 11.9 Å². The largest absolute Gasteiger partial charge is 0.379 e. The topological polar surface area (TPSA) is 74.6 Å². The van der Waals surface area contributed by atoms with Crippen LogP contribution in [0.2, 0.25) is 0 Å². The van der Waals surface area contributed by atoms with Crippen LogP contribution in [0, 0.1) is 12.7 Å². The molecule has 2 aromatic heterocycles. The van der Waals surface area contributed by atoms with E-state index in [1.807, 2.05) is 36.1 Å². The number of anilines is 3. The van der Waals surface area contributed by atoms with Crippen LogP contribution in [-0.2, 0) is 4.74 Å². The summed E-state index contributed by atoms with van der Waals surface area (Å²) in [6, 6.07) is 6.14. The van der Waals surface area contributed by atoms with Crippen LogP contribution in [0.25, 0.3) is 11.3 Å². The molecule has 10 heteroatoms. The number of benzene rings is 1. The Kier molecular flexibility index (Phi) is 9.29. The van der Waals surface area contributed by atoms with E-state index in [1.54, 1.807) is 12.3 Å². The van der Waals surface area contributed by atoms with Gasteiger partial charge in [0.15, 0.2) is 0 Å². The van der Waals surface area contributed by atoms with Crippen LogP contribution in [0.3, 0.4) is 0 Å². The van der Waals surface area contributed by atoms with Gasteiger partial charge in [-0.2, -0.15) is 5.10 Å². The molecular formula is C30H43FN8O. The fourth-order valence-corrected chi connectivity index (χ4v) is 5.67. The molecule has 0 aliphatic carbocycles. The van der Waals surface area contributed by atoms with E-state index in [4.69, 9.17) is 9.72 Å². The Balaban J connectivity index is 1.18. The summed E-state index contributed by atoms with van der Waals surface area (Å²) in [6.45, 7) is 17.1. The van der Waals surface area contributed by atoms with Gasteiger partial charge in [0.2, 0.25) is 5.95 Å². The Hall–Kier alpha value is -3.08. The first-order valence-electron chi connectivity index (χ1n) is 14.6. The standard InChI is InChI=1S/C30H43FN8O/c1-5-37(13-12-36-14-16-40-17-15-36)26-8-10-38(11-9-26)28-7-6-25(18-27(28)31)34-30-32-19-23(4)29(35-30)24-20-33-39(21-24)22(2)3/h6-7,18-22,26H,5,8-17H2,1-4H3,(H,32,34,35). The number of piperidine rings is 1. The highest BCUT2D eigenvalue weighted by molar-refractivity contribution is 5.65. The lowest BCUT2D eigenvalue weighted by atomic mass is 10.0. The molecule has 0 spiro atoms. The van der Waals surface area contributed by atoms with Crippen molar-refractivity contribution in [3.05, 3.63) is 48.2 Å². The van der Waals surface area contributed by atoms with E-state index in [0.717, 1.165) is 88.7 Å². The van der Waals surface area contributed by atoms with E-state index in [2.05, 4.69) is 50.9 Å².